The van der Waals surface area contributed by atoms with Crippen molar-refractivity contribution >= 4 is 7.41 Å². The summed E-state index contributed by atoms with van der Waals surface area (Å²) in [5.41, 5.74) is 2.27. The Morgan fingerprint density at radius 1 is 0.914 bits per heavy atom. The average Bonchev–Trinajstić information content (AvgIpc) is 2.99. The van der Waals surface area contributed by atoms with E-state index in [1.165, 1.54) is 57.8 Å². The van der Waals surface area contributed by atoms with Gasteiger partial charge in [0.1, 0.15) is 0 Å². The Hall–Kier alpha value is 0.390. The van der Waals surface area contributed by atoms with Crippen molar-refractivity contribution in [3.8, 4) is 0 Å². The van der Waals surface area contributed by atoms with Crippen LogP contribution in [-0.2, 0) is 0 Å². The summed E-state index contributed by atoms with van der Waals surface area (Å²) in [6.07, 6.45) is 13.4. The molecule has 2 heteroatoms. The molecule has 0 N–H and O–H groups in total. The summed E-state index contributed by atoms with van der Waals surface area (Å²) in [6.45, 7) is 28.7. The molecule has 8 atom stereocenters. The maximum absolute atomic E-state index is 3.04. The van der Waals surface area contributed by atoms with E-state index in [4.69, 9.17) is 0 Å². The van der Waals surface area contributed by atoms with Gasteiger partial charge in [0.05, 0.1) is 0 Å². The van der Waals surface area contributed by atoms with Crippen LogP contribution in [0.2, 0.25) is 0 Å². The third kappa shape index (κ3) is 5.07. The second-order valence-corrected chi connectivity index (χ2v) is 21.9. The first-order valence-corrected chi connectivity index (χ1v) is 18.8. The van der Waals surface area contributed by atoms with Crippen LogP contribution in [0.3, 0.4) is 0 Å². The molecule has 4 saturated carbocycles. The van der Waals surface area contributed by atoms with E-state index in [2.05, 4.69) is 87.4 Å². The average molecular weight is 506 g/mol. The van der Waals surface area contributed by atoms with E-state index in [1.807, 2.05) is 0 Å². The zero-order valence-electron chi connectivity index (χ0n) is 26.0. The molecule has 0 aromatic carbocycles. The fourth-order valence-corrected chi connectivity index (χ4v) is 14.7. The molecular formula is C33H64NP. The predicted octanol–water partition coefficient (Wildman–Crippen LogP) is 9.60. The van der Waals surface area contributed by atoms with Crippen molar-refractivity contribution in [2.45, 2.75) is 131 Å². The van der Waals surface area contributed by atoms with E-state index in [0.29, 0.717) is 16.4 Å². The normalized spacial score (nSPS) is 43.9. The fraction of sp³-hybridized carbons (Fsp3) is 1.00. The molecule has 0 radical (unpaired) electrons. The van der Waals surface area contributed by atoms with E-state index in [9.17, 15) is 0 Å². The van der Waals surface area contributed by atoms with Crippen molar-refractivity contribution < 1.29 is 0 Å². The number of fused-ring (bicyclic) bond motifs is 4. The number of rotatable bonds is 6. The summed E-state index contributed by atoms with van der Waals surface area (Å²) in [7, 11) is 0.965. The van der Waals surface area contributed by atoms with Gasteiger partial charge in [0.25, 0.3) is 0 Å². The fourth-order valence-electron chi connectivity index (χ4n) is 11.0. The molecule has 0 amide bonds. The van der Waals surface area contributed by atoms with Gasteiger partial charge >= 0.3 is 222 Å². The molecule has 8 unspecified atom stereocenters. The van der Waals surface area contributed by atoms with Crippen LogP contribution in [0.5, 0.6) is 0 Å². The number of hydrogen-bond donors (Lipinski definition) is 0. The maximum atomic E-state index is 3.04. The molecule has 0 spiro atoms. The van der Waals surface area contributed by atoms with Crippen LogP contribution in [0.25, 0.3) is 0 Å². The van der Waals surface area contributed by atoms with Crippen LogP contribution in [-0.4, -0.2) is 36.2 Å². The molecule has 4 bridgehead atoms. The molecule has 0 heterocycles. The van der Waals surface area contributed by atoms with Crippen molar-refractivity contribution in [2.24, 2.45) is 58.2 Å². The van der Waals surface area contributed by atoms with Crippen molar-refractivity contribution in [1.82, 2.24) is 4.67 Å². The van der Waals surface area contributed by atoms with E-state index < -0.39 is 7.41 Å². The Bertz CT molecular complexity index is 733. The van der Waals surface area contributed by atoms with Gasteiger partial charge in [0, 0.05) is 0 Å². The van der Waals surface area contributed by atoms with Gasteiger partial charge in [0.2, 0.25) is 0 Å². The van der Waals surface area contributed by atoms with Gasteiger partial charge in [0.15, 0.2) is 0 Å². The Kier molecular flexibility index (Phi) is 7.74. The zero-order chi connectivity index (χ0) is 26.1. The molecule has 4 fully saturated rings. The second kappa shape index (κ2) is 9.54. The molecule has 0 saturated heterocycles. The van der Waals surface area contributed by atoms with Crippen LogP contribution >= 0.6 is 7.41 Å². The van der Waals surface area contributed by atoms with Crippen LogP contribution in [0.15, 0.2) is 0 Å². The topological polar surface area (TPSA) is 3.24 Å². The van der Waals surface area contributed by atoms with Crippen LogP contribution in [0.4, 0.5) is 0 Å². The Balaban J connectivity index is 1.54. The Morgan fingerprint density at radius 3 is 2.00 bits per heavy atom. The van der Waals surface area contributed by atoms with Gasteiger partial charge in [-0.3, -0.25) is 0 Å². The van der Waals surface area contributed by atoms with Crippen LogP contribution in [0, 0.1) is 58.2 Å². The monoisotopic (exact) mass is 505 g/mol. The van der Waals surface area contributed by atoms with E-state index in [0.717, 1.165) is 53.0 Å². The Labute approximate surface area is 221 Å². The molecule has 0 aromatic heterocycles. The minimum atomic E-state index is -1.61. The third-order valence-corrected chi connectivity index (χ3v) is 18.4. The summed E-state index contributed by atoms with van der Waals surface area (Å²) in [5.74, 6) is 7.56. The van der Waals surface area contributed by atoms with Crippen molar-refractivity contribution in [2.75, 3.05) is 20.4 Å². The summed E-state index contributed by atoms with van der Waals surface area (Å²) in [4.78, 5) is 0. The van der Waals surface area contributed by atoms with Gasteiger partial charge < -0.3 is 0 Å². The predicted molar refractivity (Wildman–Crippen MR) is 160 cm³/mol. The summed E-state index contributed by atoms with van der Waals surface area (Å²) < 4.78 is 3.04. The molecule has 1 nitrogen and oxygen atoms in total. The van der Waals surface area contributed by atoms with Gasteiger partial charge in [-0.25, -0.2) is 0 Å². The number of nitrogens with zero attached hydrogens (tertiary/aromatic N) is 1. The van der Waals surface area contributed by atoms with Crippen molar-refractivity contribution in [3.63, 3.8) is 0 Å². The van der Waals surface area contributed by atoms with Gasteiger partial charge in [-0.15, -0.1) is 0 Å². The second-order valence-electron chi connectivity index (χ2n) is 17.0. The summed E-state index contributed by atoms with van der Waals surface area (Å²) in [5, 5.41) is 0. The molecule has 0 aromatic rings. The van der Waals surface area contributed by atoms with E-state index >= 15 is 0 Å². The van der Waals surface area contributed by atoms with Crippen LogP contribution in [0.1, 0.15) is 120 Å². The molecule has 206 valence electrons. The first-order valence-electron chi connectivity index (χ1n) is 15.7. The quantitative estimate of drug-likeness (QED) is 0.325. The summed E-state index contributed by atoms with van der Waals surface area (Å²) >= 11 is 0. The minimum absolute atomic E-state index is 0.298. The van der Waals surface area contributed by atoms with Crippen molar-refractivity contribution in [3.05, 3.63) is 0 Å². The zero-order valence-corrected chi connectivity index (χ0v) is 27.0. The molecular weight excluding hydrogens is 441 g/mol. The third-order valence-electron chi connectivity index (χ3n) is 13.5. The molecule has 4 aliphatic carbocycles. The van der Waals surface area contributed by atoms with Gasteiger partial charge in [-0.05, 0) is 0 Å². The molecule has 0 aliphatic heterocycles. The van der Waals surface area contributed by atoms with E-state index in [-0.39, 0.29) is 0 Å². The van der Waals surface area contributed by atoms with Gasteiger partial charge in [-0.1, -0.05) is 0 Å². The first-order chi connectivity index (χ1) is 16.0. The van der Waals surface area contributed by atoms with Crippen molar-refractivity contribution in [1.29, 1.82) is 0 Å². The summed E-state index contributed by atoms with van der Waals surface area (Å²) in [6, 6.07) is 0. The standard InChI is InChI=1S/C33H64NP/c1-13-33(9)20-24-16-22(2)30(27(17-24)21-33)32(7,8)34(10)35(11,12)23(3)29-25-14-15-26(29)19-28(18-25)31(4,5)6/h22-30,35H,13-21H2,1-12H3. The van der Waals surface area contributed by atoms with Gasteiger partial charge in [-0.2, -0.15) is 0 Å². The SMILES string of the molecule is CCC1(C)CC2CC(C)C(C(C)(C)N(C)[PH](C)(C)C(C)C3C4CCC3CC(C(C)(C)C)C4)C(C2)C1. The molecule has 4 aliphatic rings. The molecule has 4 rings (SSSR count). The van der Waals surface area contributed by atoms with Crippen LogP contribution < -0.4 is 0 Å². The Morgan fingerprint density at radius 2 is 1.49 bits per heavy atom. The van der Waals surface area contributed by atoms with E-state index in [1.54, 1.807) is 0 Å². The number of hydrogen-bond acceptors (Lipinski definition) is 1. The first kappa shape index (κ1) is 28.4. The molecule has 35 heavy (non-hydrogen) atoms.